The molecule has 0 bridgehead atoms. The summed E-state index contributed by atoms with van der Waals surface area (Å²) < 4.78 is 0. The first kappa shape index (κ1) is 10.2. The highest BCUT2D eigenvalue weighted by atomic mass is 15.0. The molecule has 0 saturated carbocycles. The van der Waals surface area contributed by atoms with Crippen LogP contribution in [0.15, 0.2) is 42.6 Å². The van der Waals surface area contributed by atoms with Gasteiger partial charge in [0.15, 0.2) is 5.96 Å². The fourth-order valence-electron chi connectivity index (χ4n) is 1.41. The van der Waals surface area contributed by atoms with Gasteiger partial charge in [0, 0.05) is 17.8 Å². The first-order chi connectivity index (χ1) is 7.77. The average Bonchev–Trinajstić information content (AvgIpc) is 2.30. The van der Waals surface area contributed by atoms with Crippen molar-refractivity contribution < 1.29 is 0 Å². The second kappa shape index (κ2) is 4.44. The lowest BCUT2D eigenvalue weighted by Gasteiger charge is -2.09. The Hall–Kier alpha value is -2.36. The third kappa shape index (κ3) is 2.17. The van der Waals surface area contributed by atoms with E-state index in [9.17, 15) is 0 Å². The van der Waals surface area contributed by atoms with Crippen LogP contribution < -0.4 is 11.1 Å². The Labute approximate surface area is 93.6 Å². The van der Waals surface area contributed by atoms with Crippen molar-refractivity contribution in [1.82, 2.24) is 4.98 Å². The number of nitrogens with two attached hydrogens (primary N) is 1. The van der Waals surface area contributed by atoms with Gasteiger partial charge in [-0.05, 0) is 12.1 Å². The van der Waals surface area contributed by atoms with Gasteiger partial charge in [0.1, 0.15) is 0 Å². The summed E-state index contributed by atoms with van der Waals surface area (Å²) in [4.78, 5) is 4.25. The lowest BCUT2D eigenvalue weighted by atomic mass is 10.1. The van der Waals surface area contributed by atoms with Gasteiger partial charge in [-0.25, -0.2) is 0 Å². The maximum atomic E-state index is 7.22. The van der Waals surface area contributed by atoms with Crippen LogP contribution in [-0.4, -0.2) is 10.9 Å². The average molecular weight is 211 g/mol. The molecule has 0 atom stereocenters. The summed E-state index contributed by atoms with van der Waals surface area (Å²) in [5, 5.41) is 9.95. The van der Waals surface area contributed by atoms with Crippen LogP contribution in [-0.2, 0) is 0 Å². The molecule has 2 aromatic rings. The molecule has 0 aliphatic carbocycles. The van der Waals surface area contributed by atoms with E-state index in [0.717, 1.165) is 11.3 Å². The highest BCUT2D eigenvalue weighted by molar-refractivity contribution is 5.94. The van der Waals surface area contributed by atoms with E-state index in [-0.39, 0.29) is 5.96 Å². The molecule has 0 fully saturated rings. The van der Waals surface area contributed by atoms with Crippen LogP contribution in [0.3, 0.4) is 0 Å². The zero-order valence-electron chi connectivity index (χ0n) is 8.57. The predicted molar refractivity (Wildman–Crippen MR) is 64.0 cm³/mol. The van der Waals surface area contributed by atoms with E-state index in [0.29, 0.717) is 5.69 Å². The number of hydrogen-bond donors (Lipinski definition) is 3. The largest absolute Gasteiger partial charge is 0.370 e. The standard InChI is InChI=1S/C12H11N4/c13-12(14)16-11-7-2-1-5-9(11)10-6-3-4-8-15-10/h1-6,8H,(H4,13,14,16). The molecular formula is C12H11N4. The smallest absolute Gasteiger partial charge is 0.190 e. The minimum atomic E-state index is -0.111. The minimum absolute atomic E-state index is 0.111. The molecule has 0 saturated heterocycles. The molecule has 2 rings (SSSR count). The van der Waals surface area contributed by atoms with Gasteiger partial charge in [0.2, 0.25) is 0 Å². The third-order valence-corrected chi connectivity index (χ3v) is 2.06. The van der Waals surface area contributed by atoms with Gasteiger partial charge in [0.25, 0.3) is 0 Å². The normalized spacial score (nSPS) is 9.75. The molecule has 1 aromatic heterocycles. The molecule has 4 heteroatoms. The molecular weight excluding hydrogens is 200 g/mol. The number of rotatable bonds is 2. The van der Waals surface area contributed by atoms with Crippen molar-refractivity contribution in [3.8, 4) is 11.3 Å². The summed E-state index contributed by atoms with van der Waals surface area (Å²) >= 11 is 0. The number of nitrogens with zero attached hydrogens (tertiary/aromatic N) is 1. The number of nitrogens with one attached hydrogen (secondary N) is 2. The molecule has 1 heterocycles. The SMILES string of the molecule is N=C(N)Nc1[c]cccc1-c1ccccn1. The molecule has 0 unspecified atom stereocenters. The number of anilines is 1. The van der Waals surface area contributed by atoms with Crippen LogP contribution in [0.1, 0.15) is 0 Å². The van der Waals surface area contributed by atoms with E-state index >= 15 is 0 Å². The van der Waals surface area contributed by atoms with Gasteiger partial charge in [0.05, 0.1) is 11.4 Å². The minimum Gasteiger partial charge on any atom is -0.370 e. The van der Waals surface area contributed by atoms with Gasteiger partial charge in [-0.3, -0.25) is 10.4 Å². The molecule has 0 aliphatic heterocycles. The third-order valence-electron chi connectivity index (χ3n) is 2.06. The molecule has 4 nitrogen and oxygen atoms in total. The first-order valence-corrected chi connectivity index (χ1v) is 4.80. The molecule has 16 heavy (non-hydrogen) atoms. The lowest BCUT2D eigenvalue weighted by Crippen LogP contribution is -2.20. The highest BCUT2D eigenvalue weighted by Gasteiger charge is 2.05. The van der Waals surface area contributed by atoms with Gasteiger partial charge in [-0.15, -0.1) is 0 Å². The molecule has 0 aliphatic rings. The Kier molecular flexibility index (Phi) is 2.82. The van der Waals surface area contributed by atoms with E-state index in [1.807, 2.05) is 30.3 Å². The van der Waals surface area contributed by atoms with Crippen molar-refractivity contribution in [2.45, 2.75) is 0 Å². The summed E-state index contributed by atoms with van der Waals surface area (Å²) in [5.41, 5.74) is 7.66. The monoisotopic (exact) mass is 211 g/mol. The van der Waals surface area contributed by atoms with Crippen molar-refractivity contribution in [2.24, 2.45) is 5.73 Å². The summed E-state index contributed by atoms with van der Waals surface area (Å²) in [6, 6.07) is 14.2. The Morgan fingerprint density at radius 2 is 2.19 bits per heavy atom. The second-order valence-electron chi connectivity index (χ2n) is 3.21. The summed E-state index contributed by atoms with van der Waals surface area (Å²) in [6.07, 6.45) is 1.72. The van der Waals surface area contributed by atoms with Crippen LogP contribution in [0.25, 0.3) is 11.3 Å². The van der Waals surface area contributed by atoms with E-state index in [1.54, 1.807) is 12.3 Å². The molecule has 0 amide bonds. The first-order valence-electron chi connectivity index (χ1n) is 4.80. The van der Waals surface area contributed by atoms with Crippen molar-refractivity contribution >= 4 is 11.6 Å². The van der Waals surface area contributed by atoms with Crippen molar-refractivity contribution in [3.63, 3.8) is 0 Å². The fourth-order valence-corrected chi connectivity index (χ4v) is 1.41. The zero-order valence-corrected chi connectivity index (χ0v) is 8.57. The molecule has 1 radical (unpaired) electrons. The van der Waals surface area contributed by atoms with Gasteiger partial charge in [-0.2, -0.15) is 0 Å². The van der Waals surface area contributed by atoms with Crippen LogP contribution in [0, 0.1) is 11.5 Å². The number of aromatic nitrogens is 1. The Morgan fingerprint density at radius 1 is 1.31 bits per heavy atom. The zero-order chi connectivity index (χ0) is 11.4. The maximum Gasteiger partial charge on any atom is 0.190 e. The predicted octanol–water partition coefficient (Wildman–Crippen LogP) is 1.85. The molecule has 79 valence electrons. The Bertz CT molecular complexity index is 493. The molecule has 4 N–H and O–H groups in total. The number of pyridine rings is 1. The number of para-hydroxylation sites is 1. The number of guanidine groups is 1. The Morgan fingerprint density at radius 3 is 2.88 bits per heavy atom. The highest BCUT2D eigenvalue weighted by Crippen LogP contribution is 2.24. The van der Waals surface area contributed by atoms with Crippen molar-refractivity contribution in [1.29, 1.82) is 5.41 Å². The van der Waals surface area contributed by atoms with Crippen molar-refractivity contribution in [3.05, 3.63) is 48.7 Å². The van der Waals surface area contributed by atoms with Gasteiger partial charge < -0.3 is 11.1 Å². The lowest BCUT2D eigenvalue weighted by molar-refractivity contribution is 1.32. The van der Waals surface area contributed by atoms with E-state index in [4.69, 9.17) is 11.1 Å². The van der Waals surface area contributed by atoms with Gasteiger partial charge in [-0.1, -0.05) is 24.3 Å². The quantitative estimate of drug-likeness (QED) is 0.524. The summed E-state index contributed by atoms with van der Waals surface area (Å²) in [6.45, 7) is 0. The second-order valence-corrected chi connectivity index (χ2v) is 3.21. The molecule has 0 spiro atoms. The summed E-state index contributed by atoms with van der Waals surface area (Å²) in [7, 11) is 0. The van der Waals surface area contributed by atoms with Crippen LogP contribution in [0.4, 0.5) is 5.69 Å². The number of benzene rings is 1. The van der Waals surface area contributed by atoms with E-state index in [1.165, 1.54) is 0 Å². The molecule has 1 aromatic carbocycles. The fraction of sp³-hybridized carbons (Fsp3) is 0. The van der Waals surface area contributed by atoms with E-state index in [2.05, 4.69) is 16.4 Å². The van der Waals surface area contributed by atoms with Crippen molar-refractivity contribution in [2.75, 3.05) is 5.32 Å². The topological polar surface area (TPSA) is 74.8 Å². The number of hydrogen-bond acceptors (Lipinski definition) is 2. The van der Waals surface area contributed by atoms with E-state index < -0.39 is 0 Å². The van der Waals surface area contributed by atoms with Gasteiger partial charge >= 0.3 is 0 Å². The van der Waals surface area contributed by atoms with Crippen LogP contribution >= 0.6 is 0 Å². The van der Waals surface area contributed by atoms with Crippen LogP contribution in [0.5, 0.6) is 0 Å². The van der Waals surface area contributed by atoms with Crippen LogP contribution in [0.2, 0.25) is 0 Å². The Balaban J connectivity index is 2.44. The summed E-state index contributed by atoms with van der Waals surface area (Å²) in [5.74, 6) is -0.111. The maximum absolute atomic E-state index is 7.22.